The highest BCUT2D eigenvalue weighted by Crippen LogP contribution is 2.29. The molecule has 0 bridgehead atoms. The van der Waals surface area contributed by atoms with Crippen LogP contribution < -0.4 is 5.32 Å². The van der Waals surface area contributed by atoms with Gasteiger partial charge >= 0.3 is 0 Å². The summed E-state index contributed by atoms with van der Waals surface area (Å²) in [5, 5.41) is 2.89. The molecule has 0 saturated carbocycles. The van der Waals surface area contributed by atoms with Gasteiger partial charge < -0.3 is 14.8 Å². The van der Waals surface area contributed by atoms with Crippen molar-refractivity contribution in [1.82, 2.24) is 4.98 Å². The fourth-order valence-electron chi connectivity index (χ4n) is 2.23. The van der Waals surface area contributed by atoms with Crippen molar-refractivity contribution in [3.63, 3.8) is 0 Å². The van der Waals surface area contributed by atoms with E-state index in [0.717, 1.165) is 11.1 Å². The minimum atomic E-state index is -0.419. The largest absolute Gasteiger partial charge is 0.346 e. The molecule has 1 N–H and O–H groups in total. The molecule has 3 rings (SSSR count). The third kappa shape index (κ3) is 3.09. The Bertz CT molecular complexity index is 651. The van der Waals surface area contributed by atoms with E-state index in [0.29, 0.717) is 24.5 Å². The lowest BCUT2D eigenvalue weighted by atomic mass is 10.1. The van der Waals surface area contributed by atoms with Gasteiger partial charge in [0.1, 0.15) is 0 Å². The van der Waals surface area contributed by atoms with E-state index in [4.69, 9.17) is 9.47 Å². The second-order valence-corrected chi connectivity index (χ2v) is 4.87. The van der Waals surface area contributed by atoms with Gasteiger partial charge in [-0.25, -0.2) is 0 Å². The molecule has 1 saturated heterocycles. The van der Waals surface area contributed by atoms with Gasteiger partial charge in [-0.15, -0.1) is 0 Å². The molecule has 1 aliphatic heterocycles. The molecule has 0 spiro atoms. The molecule has 2 aromatic rings. The Labute approximate surface area is 122 Å². The maximum absolute atomic E-state index is 12.3. The third-order valence-electron chi connectivity index (χ3n) is 3.22. The van der Waals surface area contributed by atoms with E-state index < -0.39 is 6.29 Å². The van der Waals surface area contributed by atoms with Gasteiger partial charge in [-0.05, 0) is 24.6 Å². The zero-order valence-electron chi connectivity index (χ0n) is 11.7. The normalized spacial score (nSPS) is 15.1. The molecule has 1 amide bonds. The van der Waals surface area contributed by atoms with E-state index in [1.807, 2.05) is 31.2 Å². The van der Waals surface area contributed by atoms with Gasteiger partial charge in [0.25, 0.3) is 5.91 Å². The van der Waals surface area contributed by atoms with E-state index >= 15 is 0 Å². The Kier molecular flexibility index (Phi) is 3.94. The number of amides is 1. The zero-order chi connectivity index (χ0) is 14.7. The van der Waals surface area contributed by atoms with Crippen LogP contribution >= 0.6 is 0 Å². The Morgan fingerprint density at radius 2 is 2.00 bits per heavy atom. The van der Waals surface area contributed by atoms with Crippen LogP contribution in [0.2, 0.25) is 0 Å². The maximum Gasteiger partial charge on any atom is 0.257 e. The predicted molar refractivity (Wildman–Crippen MR) is 78.0 cm³/mol. The van der Waals surface area contributed by atoms with Crippen molar-refractivity contribution in [2.45, 2.75) is 13.2 Å². The molecule has 5 nitrogen and oxygen atoms in total. The predicted octanol–water partition coefficient (Wildman–Crippen LogP) is 2.69. The van der Waals surface area contributed by atoms with Crippen LogP contribution in [-0.4, -0.2) is 24.1 Å². The Morgan fingerprint density at radius 1 is 1.24 bits per heavy atom. The molecule has 0 radical (unpaired) electrons. The van der Waals surface area contributed by atoms with Crippen molar-refractivity contribution >= 4 is 11.6 Å². The molecule has 5 heteroatoms. The first-order valence-electron chi connectivity index (χ1n) is 6.79. The van der Waals surface area contributed by atoms with Crippen molar-refractivity contribution in [3.8, 4) is 0 Å². The van der Waals surface area contributed by atoms with E-state index in [1.165, 1.54) is 0 Å². The first-order valence-corrected chi connectivity index (χ1v) is 6.79. The zero-order valence-corrected chi connectivity index (χ0v) is 11.7. The molecule has 0 aliphatic carbocycles. The van der Waals surface area contributed by atoms with Crippen molar-refractivity contribution in [2.75, 3.05) is 18.5 Å². The summed E-state index contributed by atoms with van der Waals surface area (Å²) < 4.78 is 11.0. The number of anilines is 1. The van der Waals surface area contributed by atoms with Gasteiger partial charge in [0.15, 0.2) is 6.29 Å². The number of carbonyl (C=O) groups excluding carboxylic acids is 1. The van der Waals surface area contributed by atoms with Crippen molar-refractivity contribution < 1.29 is 14.3 Å². The molecule has 0 unspecified atom stereocenters. The number of hydrogen-bond donors (Lipinski definition) is 1. The number of nitrogens with one attached hydrogen (secondary N) is 1. The number of pyridine rings is 1. The SMILES string of the molecule is Cc1cncc(C(=O)Nc2ccccc2C2OCCO2)c1. The molecular weight excluding hydrogens is 268 g/mol. The van der Waals surface area contributed by atoms with Gasteiger partial charge in [-0.1, -0.05) is 18.2 Å². The van der Waals surface area contributed by atoms with Crippen LogP contribution in [-0.2, 0) is 9.47 Å². The van der Waals surface area contributed by atoms with Crippen LogP contribution in [0.4, 0.5) is 5.69 Å². The highest BCUT2D eigenvalue weighted by molar-refractivity contribution is 6.04. The Balaban J connectivity index is 1.83. The van der Waals surface area contributed by atoms with Crippen LogP contribution in [0.1, 0.15) is 27.8 Å². The van der Waals surface area contributed by atoms with Crippen LogP contribution in [0.25, 0.3) is 0 Å². The molecule has 1 aromatic carbocycles. The molecule has 108 valence electrons. The van der Waals surface area contributed by atoms with E-state index in [9.17, 15) is 4.79 Å². The molecule has 1 aromatic heterocycles. The van der Waals surface area contributed by atoms with Crippen LogP contribution in [0.5, 0.6) is 0 Å². The van der Waals surface area contributed by atoms with Gasteiger partial charge in [-0.2, -0.15) is 0 Å². The number of rotatable bonds is 3. The van der Waals surface area contributed by atoms with Crippen LogP contribution in [0, 0.1) is 6.92 Å². The van der Waals surface area contributed by atoms with Crippen molar-refractivity contribution in [1.29, 1.82) is 0 Å². The fraction of sp³-hybridized carbons (Fsp3) is 0.250. The number of hydrogen-bond acceptors (Lipinski definition) is 4. The lowest BCUT2D eigenvalue weighted by Gasteiger charge is -2.15. The Morgan fingerprint density at radius 3 is 2.76 bits per heavy atom. The highest BCUT2D eigenvalue weighted by Gasteiger charge is 2.22. The van der Waals surface area contributed by atoms with Gasteiger partial charge in [0.05, 0.1) is 18.8 Å². The average Bonchev–Trinajstić information content (AvgIpc) is 3.02. The number of para-hydroxylation sites is 1. The topological polar surface area (TPSA) is 60.5 Å². The number of nitrogens with zero attached hydrogens (tertiary/aromatic N) is 1. The van der Waals surface area contributed by atoms with E-state index in [1.54, 1.807) is 18.5 Å². The van der Waals surface area contributed by atoms with Gasteiger partial charge in [0.2, 0.25) is 0 Å². The van der Waals surface area contributed by atoms with E-state index in [2.05, 4.69) is 10.3 Å². The summed E-state index contributed by atoms with van der Waals surface area (Å²) >= 11 is 0. The smallest absolute Gasteiger partial charge is 0.257 e. The summed E-state index contributed by atoms with van der Waals surface area (Å²) in [6.45, 7) is 3.03. The highest BCUT2D eigenvalue weighted by atomic mass is 16.7. The standard InChI is InChI=1S/C16H16N2O3/c1-11-8-12(10-17-9-11)15(19)18-14-5-3-2-4-13(14)16-20-6-7-21-16/h2-5,8-10,16H,6-7H2,1H3,(H,18,19). The second-order valence-electron chi connectivity index (χ2n) is 4.87. The summed E-state index contributed by atoms with van der Waals surface area (Å²) in [7, 11) is 0. The minimum absolute atomic E-state index is 0.198. The van der Waals surface area contributed by atoms with Crippen molar-refractivity contribution in [3.05, 3.63) is 59.4 Å². The number of benzene rings is 1. The maximum atomic E-state index is 12.3. The monoisotopic (exact) mass is 284 g/mol. The summed E-state index contributed by atoms with van der Waals surface area (Å²) in [4.78, 5) is 16.3. The van der Waals surface area contributed by atoms with Crippen LogP contribution in [0.3, 0.4) is 0 Å². The summed E-state index contributed by atoms with van der Waals surface area (Å²) in [5.41, 5.74) is 2.98. The molecule has 2 heterocycles. The van der Waals surface area contributed by atoms with Gasteiger partial charge in [0, 0.05) is 23.6 Å². The molecule has 21 heavy (non-hydrogen) atoms. The summed E-state index contributed by atoms with van der Waals surface area (Å²) in [5.74, 6) is -0.198. The van der Waals surface area contributed by atoms with Crippen LogP contribution in [0.15, 0.2) is 42.7 Å². The fourth-order valence-corrected chi connectivity index (χ4v) is 2.23. The summed E-state index contributed by atoms with van der Waals surface area (Å²) in [6, 6.07) is 9.28. The minimum Gasteiger partial charge on any atom is -0.346 e. The summed E-state index contributed by atoms with van der Waals surface area (Å²) in [6.07, 6.45) is 2.84. The van der Waals surface area contributed by atoms with E-state index in [-0.39, 0.29) is 5.91 Å². The number of aryl methyl sites for hydroxylation is 1. The van der Waals surface area contributed by atoms with Gasteiger partial charge in [-0.3, -0.25) is 9.78 Å². The van der Waals surface area contributed by atoms with Crippen molar-refractivity contribution in [2.24, 2.45) is 0 Å². The third-order valence-corrected chi connectivity index (χ3v) is 3.22. The second kappa shape index (κ2) is 6.03. The number of carbonyl (C=O) groups is 1. The Hall–Kier alpha value is -2.24. The number of ether oxygens (including phenoxy) is 2. The molecular formula is C16H16N2O3. The first-order chi connectivity index (χ1) is 10.2. The lowest BCUT2D eigenvalue weighted by Crippen LogP contribution is -2.15. The number of aromatic nitrogens is 1. The average molecular weight is 284 g/mol. The molecule has 1 fully saturated rings. The first kappa shape index (κ1) is 13.7. The molecule has 0 atom stereocenters. The lowest BCUT2D eigenvalue weighted by molar-refractivity contribution is -0.0435. The molecule has 1 aliphatic rings. The quantitative estimate of drug-likeness (QED) is 0.941.